The smallest absolute Gasteiger partial charge is 0.195 e. The highest BCUT2D eigenvalue weighted by atomic mass is 127. The first-order valence-electron chi connectivity index (χ1n) is 8.64. The van der Waals surface area contributed by atoms with Crippen LogP contribution in [0.5, 0.6) is 11.5 Å². The normalized spacial score (nSPS) is 10.9. The molecule has 0 saturated heterocycles. The molecule has 0 aliphatic heterocycles. The summed E-state index contributed by atoms with van der Waals surface area (Å²) in [6.07, 6.45) is 2.44. The number of furan rings is 1. The van der Waals surface area contributed by atoms with Crippen LogP contribution in [-0.2, 0) is 11.2 Å². The monoisotopic (exact) mass is 489 g/mol. The summed E-state index contributed by atoms with van der Waals surface area (Å²) in [7, 11) is 3.28. The summed E-state index contributed by atoms with van der Waals surface area (Å²) in [4.78, 5) is 4.51. The van der Waals surface area contributed by atoms with Gasteiger partial charge in [-0.2, -0.15) is 0 Å². The molecular formula is C19H28IN3O4. The number of nitrogens with one attached hydrogen (secondary N) is 2. The number of anilines is 1. The Balaban J connectivity index is 0.00000364. The van der Waals surface area contributed by atoms with E-state index in [0.717, 1.165) is 17.9 Å². The fourth-order valence-corrected chi connectivity index (χ4v) is 2.30. The van der Waals surface area contributed by atoms with Crippen molar-refractivity contribution in [2.75, 3.05) is 45.8 Å². The van der Waals surface area contributed by atoms with Crippen LogP contribution < -0.4 is 20.1 Å². The van der Waals surface area contributed by atoms with E-state index in [4.69, 9.17) is 18.6 Å². The number of aliphatic imine (C=N–C) groups is 1. The first kappa shape index (κ1) is 23.1. The van der Waals surface area contributed by atoms with Gasteiger partial charge in [0, 0.05) is 31.8 Å². The fraction of sp³-hybridized carbons (Fsp3) is 0.421. The lowest BCUT2D eigenvalue weighted by molar-refractivity contribution is 0.208. The number of hydrogen-bond donors (Lipinski definition) is 2. The predicted octanol–water partition coefficient (Wildman–Crippen LogP) is 3.55. The third-order valence-corrected chi connectivity index (χ3v) is 3.54. The van der Waals surface area contributed by atoms with Gasteiger partial charge in [-0.05, 0) is 31.2 Å². The van der Waals surface area contributed by atoms with Crippen molar-refractivity contribution in [3.63, 3.8) is 0 Å². The van der Waals surface area contributed by atoms with E-state index in [-0.39, 0.29) is 24.0 Å². The maximum absolute atomic E-state index is 5.55. The topological polar surface area (TPSA) is 77.2 Å². The van der Waals surface area contributed by atoms with Crippen LogP contribution in [-0.4, -0.2) is 46.5 Å². The molecular weight excluding hydrogens is 461 g/mol. The van der Waals surface area contributed by atoms with Gasteiger partial charge >= 0.3 is 0 Å². The van der Waals surface area contributed by atoms with Crippen LogP contribution in [0.15, 0.2) is 46.0 Å². The summed E-state index contributed by atoms with van der Waals surface area (Å²) >= 11 is 0. The molecule has 0 fully saturated rings. The maximum atomic E-state index is 5.55. The van der Waals surface area contributed by atoms with Crippen molar-refractivity contribution in [1.29, 1.82) is 0 Å². The van der Waals surface area contributed by atoms with Crippen LogP contribution in [0.4, 0.5) is 5.69 Å². The van der Waals surface area contributed by atoms with Gasteiger partial charge in [0.25, 0.3) is 0 Å². The third kappa shape index (κ3) is 8.08. The van der Waals surface area contributed by atoms with Gasteiger partial charge in [0.1, 0.15) is 5.76 Å². The quantitative estimate of drug-likeness (QED) is 0.230. The van der Waals surface area contributed by atoms with Crippen LogP contribution in [0.25, 0.3) is 0 Å². The van der Waals surface area contributed by atoms with Crippen molar-refractivity contribution in [2.24, 2.45) is 4.99 Å². The van der Waals surface area contributed by atoms with Crippen LogP contribution in [0.3, 0.4) is 0 Å². The predicted molar refractivity (Wildman–Crippen MR) is 118 cm³/mol. The van der Waals surface area contributed by atoms with E-state index in [9.17, 15) is 0 Å². The van der Waals surface area contributed by atoms with E-state index in [2.05, 4.69) is 15.6 Å². The number of nitrogens with zero attached hydrogens (tertiary/aromatic N) is 1. The van der Waals surface area contributed by atoms with Crippen molar-refractivity contribution in [2.45, 2.75) is 13.3 Å². The zero-order chi connectivity index (χ0) is 18.6. The van der Waals surface area contributed by atoms with Crippen molar-refractivity contribution in [1.82, 2.24) is 5.32 Å². The highest BCUT2D eigenvalue weighted by Gasteiger charge is 2.07. The summed E-state index contributed by atoms with van der Waals surface area (Å²) in [6.45, 7) is 4.33. The highest BCUT2D eigenvalue weighted by Crippen LogP contribution is 2.30. The minimum atomic E-state index is 0. The SMILES string of the molecule is CCOc1ccc(NC(=NCCOC)NCCc2ccco2)cc1OC.I. The molecule has 7 nitrogen and oxygen atoms in total. The second-order valence-electron chi connectivity index (χ2n) is 5.40. The van der Waals surface area contributed by atoms with Crippen molar-refractivity contribution < 1.29 is 18.6 Å². The molecule has 0 spiro atoms. The van der Waals surface area contributed by atoms with Crippen molar-refractivity contribution >= 4 is 35.6 Å². The van der Waals surface area contributed by atoms with Gasteiger partial charge in [-0.3, -0.25) is 4.99 Å². The van der Waals surface area contributed by atoms with E-state index in [1.165, 1.54) is 0 Å². The van der Waals surface area contributed by atoms with Crippen LogP contribution in [0.1, 0.15) is 12.7 Å². The molecule has 1 aromatic heterocycles. The number of hydrogen-bond acceptors (Lipinski definition) is 5. The first-order valence-corrected chi connectivity index (χ1v) is 8.64. The van der Waals surface area contributed by atoms with E-state index in [1.807, 2.05) is 37.3 Å². The molecule has 1 heterocycles. The standard InChI is InChI=1S/C19H27N3O4.HI/c1-4-25-17-8-7-15(14-18(17)24-3)22-19(21-11-13-23-2)20-10-9-16-6-5-12-26-16;/h5-8,12,14H,4,9-11,13H2,1-3H3,(H2,20,21,22);1H. The molecule has 0 atom stereocenters. The van der Waals surface area contributed by atoms with Crippen LogP contribution in [0.2, 0.25) is 0 Å². The van der Waals surface area contributed by atoms with Gasteiger partial charge in [0.2, 0.25) is 0 Å². The number of rotatable bonds is 10. The Kier molecular flexibility index (Phi) is 11.3. The molecule has 0 aliphatic rings. The number of methoxy groups -OCH3 is 2. The van der Waals surface area contributed by atoms with Gasteiger partial charge in [-0.25, -0.2) is 0 Å². The summed E-state index contributed by atoms with van der Waals surface area (Å²) in [5.74, 6) is 2.98. The third-order valence-electron chi connectivity index (χ3n) is 3.54. The Morgan fingerprint density at radius 3 is 2.70 bits per heavy atom. The molecule has 2 aromatic rings. The summed E-state index contributed by atoms with van der Waals surface area (Å²) in [6, 6.07) is 9.51. The number of halogens is 1. The molecule has 0 amide bonds. The lowest BCUT2D eigenvalue weighted by Crippen LogP contribution is -2.32. The molecule has 0 radical (unpaired) electrons. The zero-order valence-electron chi connectivity index (χ0n) is 16.0. The molecule has 0 saturated carbocycles. The van der Waals surface area contributed by atoms with Gasteiger partial charge in [0.05, 0.1) is 33.1 Å². The minimum absolute atomic E-state index is 0. The molecule has 0 bridgehead atoms. The van der Waals surface area contributed by atoms with Crippen LogP contribution >= 0.6 is 24.0 Å². The summed E-state index contributed by atoms with van der Waals surface area (Å²) in [5, 5.41) is 6.57. The van der Waals surface area contributed by atoms with E-state index in [0.29, 0.717) is 43.8 Å². The number of guanidine groups is 1. The lowest BCUT2D eigenvalue weighted by atomic mass is 10.2. The van der Waals surface area contributed by atoms with Crippen molar-refractivity contribution in [3.05, 3.63) is 42.4 Å². The van der Waals surface area contributed by atoms with Gasteiger partial charge in [0.15, 0.2) is 17.5 Å². The Labute approximate surface area is 177 Å². The zero-order valence-corrected chi connectivity index (χ0v) is 18.3. The van der Waals surface area contributed by atoms with Crippen LogP contribution in [0, 0.1) is 0 Å². The first-order chi connectivity index (χ1) is 12.8. The Hall–Kier alpha value is -1.94. The Morgan fingerprint density at radius 2 is 2.04 bits per heavy atom. The van der Waals surface area contributed by atoms with Crippen molar-refractivity contribution in [3.8, 4) is 11.5 Å². The largest absolute Gasteiger partial charge is 0.493 e. The molecule has 2 rings (SSSR count). The molecule has 0 unspecified atom stereocenters. The van der Waals surface area contributed by atoms with E-state index >= 15 is 0 Å². The number of ether oxygens (including phenoxy) is 3. The van der Waals surface area contributed by atoms with Gasteiger partial charge in [-0.1, -0.05) is 0 Å². The molecule has 8 heteroatoms. The second kappa shape index (κ2) is 13.3. The average molecular weight is 489 g/mol. The summed E-state index contributed by atoms with van der Waals surface area (Å²) < 4.78 is 21.4. The van der Waals surface area contributed by atoms with E-state index < -0.39 is 0 Å². The Bertz CT molecular complexity index is 678. The lowest BCUT2D eigenvalue weighted by Gasteiger charge is -2.15. The molecule has 0 aliphatic carbocycles. The van der Waals surface area contributed by atoms with Gasteiger partial charge in [-0.15, -0.1) is 24.0 Å². The molecule has 2 N–H and O–H groups in total. The average Bonchev–Trinajstić information content (AvgIpc) is 3.16. The summed E-state index contributed by atoms with van der Waals surface area (Å²) in [5.41, 5.74) is 0.854. The molecule has 150 valence electrons. The second-order valence-corrected chi connectivity index (χ2v) is 5.40. The maximum Gasteiger partial charge on any atom is 0.195 e. The highest BCUT2D eigenvalue weighted by molar-refractivity contribution is 14.0. The van der Waals surface area contributed by atoms with Gasteiger partial charge < -0.3 is 29.3 Å². The molecule has 1 aromatic carbocycles. The molecule has 27 heavy (non-hydrogen) atoms. The van der Waals surface area contributed by atoms with E-state index in [1.54, 1.807) is 20.5 Å². The Morgan fingerprint density at radius 1 is 1.19 bits per heavy atom. The fourth-order valence-electron chi connectivity index (χ4n) is 2.30. The minimum Gasteiger partial charge on any atom is -0.493 e. The number of benzene rings is 1.